The molecule has 130 valence electrons. The fourth-order valence-corrected chi connectivity index (χ4v) is 4.14. The molecule has 0 aliphatic rings. The first-order valence-corrected chi connectivity index (χ1v) is 9.65. The fraction of sp³-hybridized carbons (Fsp3) is 0.200. The fourth-order valence-electron chi connectivity index (χ4n) is 2.81. The van der Waals surface area contributed by atoms with Gasteiger partial charge in [0.1, 0.15) is 5.75 Å². The molecule has 3 aromatic carbocycles. The average molecular weight is 355 g/mol. The molecule has 0 unspecified atom stereocenters. The van der Waals surface area contributed by atoms with Crippen molar-refractivity contribution in [1.82, 2.24) is 0 Å². The van der Waals surface area contributed by atoms with Crippen LogP contribution in [0.2, 0.25) is 0 Å². The van der Waals surface area contributed by atoms with Crippen molar-refractivity contribution in [3.8, 4) is 5.75 Å². The van der Waals surface area contributed by atoms with Gasteiger partial charge < -0.3 is 4.74 Å². The molecule has 0 saturated heterocycles. The van der Waals surface area contributed by atoms with E-state index in [1.54, 1.807) is 18.2 Å². The van der Waals surface area contributed by atoms with Gasteiger partial charge >= 0.3 is 0 Å². The predicted octanol–water partition coefficient (Wildman–Crippen LogP) is 4.66. The Kier molecular flexibility index (Phi) is 4.68. The summed E-state index contributed by atoms with van der Waals surface area (Å²) < 4.78 is 34.3. The molecule has 0 amide bonds. The summed E-state index contributed by atoms with van der Waals surface area (Å²) >= 11 is 0. The zero-order valence-corrected chi connectivity index (χ0v) is 15.4. The third kappa shape index (κ3) is 3.46. The molecule has 1 N–H and O–H groups in total. The van der Waals surface area contributed by atoms with Crippen LogP contribution in [0.25, 0.3) is 10.8 Å². The van der Waals surface area contributed by atoms with E-state index in [9.17, 15) is 8.42 Å². The number of ether oxygens (including phenoxy) is 1. The minimum absolute atomic E-state index is 0.243. The first-order chi connectivity index (χ1) is 11.9. The van der Waals surface area contributed by atoms with Gasteiger partial charge in [0.05, 0.1) is 17.2 Å². The molecule has 0 spiro atoms. The normalized spacial score (nSPS) is 11.5. The van der Waals surface area contributed by atoms with E-state index in [0.717, 1.165) is 16.5 Å². The van der Waals surface area contributed by atoms with Gasteiger partial charge in [-0.05, 0) is 50.1 Å². The highest BCUT2D eigenvalue weighted by molar-refractivity contribution is 7.93. The summed E-state index contributed by atoms with van der Waals surface area (Å²) in [5, 5.41) is 1.43. The molecule has 0 saturated carbocycles. The van der Waals surface area contributed by atoms with Crippen molar-refractivity contribution in [2.75, 3.05) is 11.3 Å². The van der Waals surface area contributed by atoms with Crippen molar-refractivity contribution in [3.63, 3.8) is 0 Å². The molecule has 4 nitrogen and oxygen atoms in total. The van der Waals surface area contributed by atoms with Gasteiger partial charge in [0.2, 0.25) is 0 Å². The lowest BCUT2D eigenvalue weighted by atomic mass is 10.1. The SMILES string of the molecule is CCOc1ccc(S(=O)(=O)Nc2cc(C)ccc2C)c2ccccc12. The Morgan fingerprint density at radius 3 is 2.40 bits per heavy atom. The standard InChI is InChI=1S/C20H21NO3S/c1-4-24-19-11-12-20(17-8-6-5-7-16(17)19)25(22,23)21-18-13-14(2)9-10-15(18)3/h5-13,21H,4H2,1-3H3. The number of fused-ring (bicyclic) bond motifs is 1. The Hall–Kier alpha value is -2.53. The third-order valence-corrected chi connectivity index (χ3v) is 5.49. The van der Waals surface area contributed by atoms with Crippen LogP contribution in [-0.4, -0.2) is 15.0 Å². The molecular weight excluding hydrogens is 334 g/mol. The zero-order chi connectivity index (χ0) is 18.0. The van der Waals surface area contributed by atoms with E-state index in [0.29, 0.717) is 23.4 Å². The van der Waals surface area contributed by atoms with Gasteiger partial charge in [-0.2, -0.15) is 0 Å². The summed E-state index contributed by atoms with van der Waals surface area (Å²) in [7, 11) is -3.72. The lowest BCUT2D eigenvalue weighted by molar-refractivity contribution is 0.344. The zero-order valence-electron chi connectivity index (χ0n) is 14.5. The van der Waals surface area contributed by atoms with Crippen LogP contribution in [0.15, 0.2) is 59.5 Å². The Morgan fingerprint density at radius 2 is 1.68 bits per heavy atom. The highest BCUT2D eigenvalue weighted by Gasteiger charge is 2.20. The van der Waals surface area contributed by atoms with Gasteiger partial charge in [-0.25, -0.2) is 8.42 Å². The van der Waals surface area contributed by atoms with Gasteiger partial charge in [-0.3, -0.25) is 4.72 Å². The molecule has 3 aromatic rings. The van der Waals surface area contributed by atoms with Crippen LogP contribution in [-0.2, 0) is 10.0 Å². The quantitative estimate of drug-likeness (QED) is 0.724. The van der Waals surface area contributed by atoms with Gasteiger partial charge in [0.25, 0.3) is 10.0 Å². The minimum Gasteiger partial charge on any atom is -0.493 e. The van der Waals surface area contributed by atoms with Crippen LogP contribution in [0, 0.1) is 13.8 Å². The molecule has 0 aliphatic carbocycles. The molecule has 3 rings (SSSR count). The number of sulfonamides is 1. The maximum atomic E-state index is 13.0. The van der Waals surface area contributed by atoms with Crippen molar-refractivity contribution in [2.45, 2.75) is 25.7 Å². The van der Waals surface area contributed by atoms with E-state index >= 15 is 0 Å². The van der Waals surface area contributed by atoms with Gasteiger partial charge in [-0.15, -0.1) is 0 Å². The monoisotopic (exact) mass is 355 g/mol. The van der Waals surface area contributed by atoms with Crippen LogP contribution in [0.3, 0.4) is 0 Å². The summed E-state index contributed by atoms with van der Waals surface area (Å²) in [5.41, 5.74) is 2.47. The molecule has 0 aliphatic heterocycles. The average Bonchev–Trinajstić information content (AvgIpc) is 2.58. The molecule has 0 fully saturated rings. The highest BCUT2D eigenvalue weighted by Crippen LogP contribution is 2.32. The van der Waals surface area contributed by atoms with Gasteiger partial charge in [-0.1, -0.05) is 36.4 Å². The number of nitrogens with one attached hydrogen (secondary N) is 1. The summed E-state index contributed by atoms with van der Waals surface area (Å²) in [4.78, 5) is 0.243. The second-order valence-electron chi connectivity index (χ2n) is 5.96. The Bertz CT molecular complexity index is 1030. The predicted molar refractivity (Wildman–Crippen MR) is 102 cm³/mol. The van der Waals surface area contributed by atoms with E-state index in [4.69, 9.17) is 4.74 Å². The topological polar surface area (TPSA) is 55.4 Å². The number of hydrogen-bond donors (Lipinski definition) is 1. The number of anilines is 1. The Labute approximate surface area is 148 Å². The first-order valence-electron chi connectivity index (χ1n) is 8.17. The molecule has 0 heterocycles. The van der Waals surface area contributed by atoms with Crippen molar-refractivity contribution < 1.29 is 13.2 Å². The molecular formula is C20H21NO3S. The highest BCUT2D eigenvalue weighted by atomic mass is 32.2. The van der Waals surface area contributed by atoms with E-state index in [-0.39, 0.29) is 4.90 Å². The van der Waals surface area contributed by atoms with Gasteiger partial charge in [0, 0.05) is 10.8 Å². The van der Waals surface area contributed by atoms with Crippen molar-refractivity contribution in [2.24, 2.45) is 0 Å². The maximum absolute atomic E-state index is 13.0. The largest absolute Gasteiger partial charge is 0.493 e. The van der Waals surface area contributed by atoms with Crippen molar-refractivity contribution in [1.29, 1.82) is 0 Å². The Morgan fingerprint density at radius 1 is 0.960 bits per heavy atom. The van der Waals surface area contributed by atoms with Crippen LogP contribution >= 0.6 is 0 Å². The lowest BCUT2D eigenvalue weighted by Crippen LogP contribution is -2.14. The number of rotatable bonds is 5. The summed E-state index contributed by atoms with van der Waals surface area (Å²) in [6.45, 7) is 6.25. The molecule has 0 atom stereocenters. The van der Waals surface area contributed by atoms with Crippen molar-refractivity contribution >= 4 is 26.5 Å². The van der Waals surface area contributed by atoms with Crippen LogP contribution < -0.4 is 9.46 Å². The van der Waals surface area contributed by atoms with Crippen LogP contribution in [0.4, 0.5) is 5.69 Å². The summed E-state index contributed by atoms with van der Waals surface area (Å²) in [6, 6.07) is 16.4. The molecule has 0 radical (unpaired) electrons. The summed E-state index contributed by atoms with van der Waals surface area (Å²) in [6.07, 6.45) is 0. The third-order valence-electron chi connectivity index (χ3n) is 4.07. The smallest absolute Gasteiger partial charge is 0.262 e. The van der Waals surface area contributed by atoms with Crippen LogP contribution in [0.5, 0.6) is 5.75 Å². The van der Waals surface area contributed by atoms with E-state index < -0.39 is 10.0 Å². The lowest BCUT2D eigenvalue weighted by Gasteiger charge is -2.15. The molecule has 25 heavy (non-hydrogen) atoms. The molecule has 5 heteroatoms. The number of aryl methyl sites for hydroxylation is 2. The second kappa shape index (κ2) is 6.76. The number of benzene rings is 3. The molecule has 0 aromatic heterocycles. The van der Waals surface area contributed by atoms with E-state index in [1.807, 2.05) is 57.2 Å². The second-order valence-corrected chi connectivity index (χ2v) is 7.62. The molecule has 0 bridgehead atoms. The minimum atomic E-state index is -3.72. The first kappa shape index (κ1) is 17.3. The Balaban J connectivity index is 2.12. The summed E-state index contributed by atoms with van der Waals surface area (Å²) in [5.74, 6) is 0.684. The number of hydrogen-bond acceptors (Lipinski definition) is 3. The van der Waals surface area contributed by atoms with Gasteiger partial charge in [0.15, 0.2) is 0 Å². The van der Waals surface area contributed by atoms with E-state index in [2.05, 4.69) is 4.72 Å². The van der Waals surface area contributed by atoms with Crippen LogP contribution in [0.1, 0.15) is 18.1 Å². The van der Waals surface area contributed by atoms with E-state index in [1.165, 1.54) is 0 Å². The maximum Gasteiger partial charge on any atom is 0.262 e. The van der Waals surface area contributed by atoms with Crippen molar-refractivity contribution in [3.05, 3.63) is 65.7 Å².